The second-order valence-electron chi connectivity index (χ2n) is 3.96. The van der Waals surface area contributed by atoms with Gasteiger partial charge in [0, 0.05) is 17.8 Å². The van der Waals surface area contributed by atoms with E-state index < -0.39 is 5.91 Å². The van der Waals surface area contributed by atoms with E-state index in [1.807, 2.05) is 19.1 Å². The molecule has 5 heteroatoms. The van der Waals surface area contributed by atoms with Gasteiger partial charge in [0.15, 0.2) is 0 Å². The third-order valence-corrected chi connectivity index (χ3v) is 4.26. The van der Waals surface area contributed by atoms with Gasteiger partial charge in [-0.05, 0) is 57.6 Å². The van der Waals surface area contributed by atoms with Crippen molar-refractivity contribution in [2.24, 2.45) is 5.73 Å². The van der Waals surface area contributed by atoms with Crippen LogP contribution in [0.4, 0.5) is 5.69 Å². The third kappa shape index (κ3) is 2.91. The number of anilines is 1. The highest BCUT2D eigenvalue weighted by molar-refractivity contribution is 9.11. The Kier molecular flexibility index (Phi) is 4.04. The fraction of sp³-hybridized carbons (Fsp3) is 0.154. The van der Waals surface area contributed by atoms with E-state index >= 15 is 0 Å². The monoisotopic (exact) mass is 324 g/mol. The molecule has 3 nitrogen and oxygen atoms in total. The Morgan fingerprint density at radius 1 is 1.50 bits per heavy atom. The average Bonchev–Trinajstić information content (AvgIpc) is 2.73. The molecule has 1 aromatic heterocycles. The second kappa shape index (κ2) is 5.54. The Balaban J connectivity index is 2.14. The van der Waals surface area contributed by atoms with Gasteiger partial charge in [0.25, 0.3) is 0 Å². The van der Waals surface area contributed by atoms with Gasteiger partial charge in [0.1, 0.15) is 0 Å². The molecule has 0 aliphatic carbocycles. The number of carbonyl (C=O) groups is 1. The average molecular weight is 325 g/mol. The van der Waals surface area contributed by atoms with Crippen LogP contribution < -0.4 is 11.1 Å². The highest BCUT2D eigenvalue weighted by Crippen LogP contribution is 2.23. The number of nitrogens with one attached hydrogen (secondary N) is 1. The maximum Gasteiger partial charge on any atom is 0.249 e. The van der Waals surface area contributed by atoms with Gasteiger partial charge in [0.2, 0.25) is 5.91 Å². The van der Waals surface area contributed by atoms with Crippen LogP contribution in [0.2, 0.25) is 0 Å². The van der Waals surface area contributed by atoms with Crippen molar-refractivity contribution < 1.29 is 4.79 Å². The molecule has 1 heterocycles. The third-order valence-electron chi connectivity index (χ3n) is 2.70. The first-order valence-electron chi connectivity index (χ1n) is 5.44. The first kappa shape index (κ1) is 13.1. The highest BCUT2D eigenvalue weighted by Gasteiger charge is 2.08. The Hall–Kier alpha value is -1.33. The first-order valence-corrected chi connectivity index (χ1v) is 7.11. The van der Waals surface area contributed by atoms with Gasteiger partial charge in [-0.1, -0.05) is 6.07 Å². The smallest absolute Gasteiger partial charge is 0.249 e. The van der Waals surface area contributed by atoms with E-state index in [1.165, 1.54) is 5.56 Å². The summed E-state index contributed by atoms with van der Waals surface area (Å²) in [6, 6.07) is 7.59. The molecule has 2 rings (SSSR count). The predicted molar refractivity (Wildman–Crippen MR) is 79.0 cm³/mol. The molecule has 0 bridgehead atoms. The van der Waals surface area contributed by atoms with Gasteiger partial charge >= 0.3 is 0 Å². The molecule has 2 aromatic rings. The molecule has 94 valence electrons. The Morgan fingerprint density at radius 3 is 2.89 bits per heavy atom. The van der Waals surface area contributed by atoms with Crippen molar-refractivity contribution in [1.29, 1.82) is 0 Å². The summed E-state index contributed by atoms with van der Waals surface area (Å²) in [5.41, 5.74) is 8.92. The molecule has 0 atom stereocenters. The lowest BCUT2D eigenvalue weighted by Crippen LogP contribution is -2.13. The van der Waals surface area contributed by atoms with Crippen LogP contribution in [0.15, 0.2) is 33.4 Å². The van der Waals surface area contributed by atoms with Gasteiger partial charge in [-0.25, -0.2) is 0 Å². The van der Waals surface area contributed by atoms with E-state index in [4.69, 9.17) is 5.73 Å². The van der Waals surface area contributed by atoms with E-state index in [2.05, 4.69) is 32.7 Å². The largest absolute Gasteiger partial charge is 0.381 e. The molecular formula is C13H13BrN2OS. The molecule has 0 saturated carbocycles. The lowest BCUT2D eigenvalue weighted by atomic mass is 10.1. The number of carbonyl (C=O) groups excluding carboxylic acids is 1. The number of amides is 1. The molecule has 3 N–H and O–H groups in total. The normalized spacial score (nSPS) is 10.3. The van der Waals surface area contributed by atoms with Crippen molar-refractivity contribution in [1.82, 2.24) is 0 Å². The predicted octanol–water partition coefficient (Wildman–Crippen LogP) is 3.53. The van der Waals surface area contributed by atoms with Crippen molar-refractivity contribution in [2.45, 2.75) is 13.5 Å². The van der Waals surface area contributed by atoms with Crippen molar-refractivity contribution in [3.05, 3.63) is 50.1 Å². The van der Waals surface area contributed by atoms with Crippen molar-refractivity contribution in [3.8, 4) is 0 Å². The molecule has 0 spiro atoms. The number of rotatable bonds is 4. The maximum absolute atomic E-state index is 11.2. The number of halogens is 1. The highest BCUT2D eigenvalue weighted by atomic mass is 79.9. The van der Waals surface area contributed by atoms with Gasteiger partial charge in [-0.15, -0.1) is 11.3 Å². The quantitative estimate of drug-likeness (QED) is 0.903. The van der Waals surface area contributed by atoms with Gasteiger partial charge in [0.05, 0.1) is 3.79 Å². The molecule has 0 saturated heterocycles. The molecular weight excluding hydrogens is 312 g/mol. The minimum absolute atomic E-state index is 0.394. The summed E-state index contributed by atoms with van der Waals surface area (Å²) < 4.78 is 1.11. The molecule has 18 heavy (non-hydrogen) atoms. The van der Waals surface area contributed by atoms with E-state index in [-0.39, 0.29) is 0 Å². The Morgan fingerprint density at radius 2 is 2.28 bits per heavy atom. The van der Waals surface area contributed by atoms with Crippen molar-refractivity contribution >= 4 is 38.9 Å². The molecule has 0 radical (unpaired) electrons. The summed E-state index contributed by atoms with van der Waals surface area (Å²) >= 11 is 5.09. The minimum atomic E-state index is -0.394. The molecule has 0 fully saturated rings. The van der Waals surface area contributed by atoms with E-state index in [9.17, 15) is 4.79 Å². The summed E-state index contributed by atoms with van der Waals surface area (Å²) in [6.45, 7) is 2.62. The Bertz CT molecular complexity index is 580. The number of hydrogen-bond donors (Lipinski definition) is 2. The zero-order chi connectivity index (χ0) is 13.1. The van der Waals surface area contributed by atoms with Crippen LogP contribution in [0, 0.1) is 6.92 Å². The molecule has 0 aliphatic heterocycles. The maximum atomic E-state index is 11.2. The number of hydrogen-bond acceptors (Lipinski definition) is 3. The number of thiophene rings is 1. The fourth-order valence-corrected chi connectivity index (χ4v) is 2.94. The standard InChI is InChI=1S/C13H13BrN2OS/c1-8-10(13(15)17)3-2-4-11(8)16-6-9-5-12(14)18-7-9/h2-5,7,16H,6H2,1H3,(H2,15,17). The molecule has 0 unspecified atom stereocenters. The lowest BCUT2D eigenvalue weighted by Gasteiger charge is -2.11. The van der Waals surface area contributed by atoms with Gasteiger partial charge in [-0.3, -0.25) is 4.79 Å². The summed E-state index contributed by atoms with van der Waals surface area (Å²) in [5, 5.41) is 5.40. The zero-order valence-corrected chi connectivity index (χ0v) is 12.3. The van der Waals surface area contributed by atoms with Crippen LogP contribution >= 0.6 is 27.3 Å². The Labute approximate surface area is 118 Å². The van der Waals surface area contributed by atoms with Gasteiger partial charge < -0.3 is 11.1 Å². The van der Waals surface area contributed by atoms with Crippen LogP contribution in [-0.4, -0.2) is 5.91 Å². The van der Waals surface area contributed by atoms with Crippen LogP contribution in [0.3, 0.4) is 0 Å². The van der Waals surface area contributed by atoms with Crippen LogP contribution in [0.1, 0.15) is 21.5 Å². The number of nitrogens with two attached hydrogens (primary N) is 1. The molecule has 1 aromatic carbocycles. The first-order chi connectivity index (χ1) is 8.58. The number of primary amides is 1. The zero-order valence-electron chi connectivity index (χ0n) is 9.87. The topological polar surface area (TPSA) is 55.1 Å². The van der Waals surface area contributed by atoms with E-state index in [0.717, 1.165) is 21.6 Å². The number of benzene rings is 1. The fourth-order valence-electron chi connectivity index (χ4n) is 1.73. The van der Waals surface area contributed by atoms with Crippen LogP contribution in [0.25, 0.3) is 0 Å². The minimum Gasteiger partial charge on any atom is -0.381 e. The van der Waals surface area contributed by atoms with Crippen molar-refractivity contribution in [3.63, 3.8) is 0 Å². The summed E-state index contributed by atoms with van der Waals surface area (Å²) in [4.78, 5) is 11.2. The van der Waals surface area contributed by atoms with Crippen LogP contribution in [0.5, 0.6) is 0 Å². The van der Waals surface area contributed by atoms with E-state index in [1.54, 1.807) is 17.4 Å². The SMILES string of the molecule is Cc1c(NCc2csc(Br)c2)cccc1C(N)=O. The van der Waals surface area contributed by atoms with E-state index in [0.29, 0.717) is 5.56 Å². The van der Waals surface area contributed by atoms with Crippen LogP contribution in [-0.2, 0) is 6.54 Å². The lowest BCUT2D eigenvalue weighted by molar-refractivity contribution is 0.1000. The molecule has 0 aliphatic rings. The summed E-state index contributed by atoms with van der Waals surface area (Å²) in [6.07, 6.45) is 0. The van der Waals surface area contributed by atoms with Gasteiger partial charge in [-0.2, -0.15) is 0 Å². The second-order valence-corrected chi connectivity index (χ2v) is 6.25. The summed E-state index contributed by atoms with van der Waals surface area (Å²) in [7, 11) is 0. The van der Waals surface area contributed by atoms with Crippen molar-refractivity contribution in [2.75, 3.05) is 5.32 Å². The molecule has 1 amide bonds. The summed E-state index contributed by atoms with van der Waals surface area (Å²) in [5.74, 6) is -0.394.